The predicted octanol–water partition coefficient (Wildman–Crippen LogP) is 1.46. The smallest absolute Gasteiger partial charge is 0.248 e. The minimum Gasteiger partial charge on any atom is -0.380 e. The van der Waals surface area contributed by atoms with Crippen molar-refractivity contribution in [1.82, 2.24) is 4.90 Å². The highest BCUT2D eigenvalue weighted by Gasteiger charge is 2.47. The average Bonchev–Trinajstić information content (AvgIpc) is 3.31. The van der Waals surface area contributed by atoms with Crippen molar-refractivity contribution in [2.75, 3.05) is 46.6 Å². The standard InChI is InChI=1S/C16H27NO4/c1-19-10-15(18)17-7-5-14-16(11-17,6-2-8-21-14)12-20-9-13-3-4-13/h13-14H,2-12H2,1H3/t14-,16+/m0/s1. The van der Waals surface area contributed by atoms with Crippen LogP contribution in [0.2, 0.25) is 0 Å². The molecule has 1 saturated carbocycles. The first-order valence-electron chi connectivity index (χ1n) is 8.19. The van der Waals surface area contributed by atoms with Crippen molar-refractivity contribution in [2.24, 2.45) is 11.3 Å². The van der Waals surface area contributed by atoms with E-state index < -0.39 is 0 Å². The Bertz CT molecular complexity index is 371. The molecule has 21 heavy (non-hydrogen) atoms. The zero-order valence-corrected chi connectivity index (χ0v) is 13.0. The first kappa shape index (κ1) is 15.3. The van der Waals surface area contributed by atoms with Crippen LogP contribution < -0.4 is 0 Å². The van der Waals surface area contributed by atoms with Crippen LogP contribution in [0.15, 0.2) is 0 Å². The normalized spacial score (nSPS) is 32.8. The van der Waals surface area contributed by atoms with E-state index in [0.29, 0.717) is 0 Å². The molecule has 0 bridgehead atoms. The van der Waals surface area contributed by atoms with Crippen LogP contribution >= 0.6 is 0 Å². The molecule has 2 saturated heterocycles. The van der Waals surface area contributed by atoms with Gasteiger partial charge in [0.15, 0.2) is 0 Å². The van der Waals surface area contributed by atoms with Gasteiger partial charge in [-0.15, -0.1) is 0 Å². The molecule has 0 aromatic rings. The third-order valence-corrected chi connectivity index (χ3v) is 5.05. The number of amides is 1. The Morgan fingerprint density at radius 1 is 1.38 bits per heavy atom. The minimum atomic E-state index is -0.00517. The monoisotopic (exact) mass is 297 g/mol. The Morgan fingerprint density at radius 2 is 2.24 bits per heavy atom. The van der Waals surface area contributed by atoms with Gasteiger partial charge in [0.1, 0.15) is 6.61 Å². The topological polar surface area (TPSA) is 48.0 Å². The molecule has 3 aliphatic rings. The van der Waals surface area contributed by atoms with Crippen molar-refractivity contribution in [2.45, 2.75) is 38.2 Å². The number of carbonyl (C=O) groups is 1. The van der Waals surface area contributed by atoms with Gasteiger partial charge in [-0.1, -0.05) is 0 Å². The fraction of sp³-hybridized carbons (Fsp3) is 0.938. The van der Waals surface area contributed by atoms with Gasteiger partial charge in [-0.3, -0.25) is 4.79 Å². The Kier molecular flexibility index (Phi) is 4.82. The summed E-state index contributed by atoms with van der Waals surface area (Å²) in [5, 5.41) is 0. The van der Waals surface area contributed by atoms with Crippen LogP contribution in [0, 0.1) is 11.3 Å². The Hall–Kier alpha value is -0.650. The quantitative estimate of drug-likeness (QED) is 0.744. The van der Waals surface area contributed by atoms with Gasteiger partial charge in [-0.2, -0.15) is 0 Å². The number of ether oxygens (including phenoxy) is 3. The van der Waals surface area contributed by atoms with Gasteiger partial charge in [0.2, 0.25) is 5.91 Å². The molecular weight excluding hydrogens is 270 g/mol. The van der Waals surface area contributed by atoms with Gasteiger partial charge in [-0.05, 0) is 38.0 Å². The van der Waals surface area contributed by atoms with Crippen molar-refractivity contribution < 1.29 is 19.0 Å². The molecule has 0 radical (unpaired) electrons. The maximum absolute atomic E-state index is 12.1. The van der Waals surface area contributed by atoms with Gasteiger partial charge in [0, 0.05) is 38.8 Å². The van der Waals surface area contributed by atoms with Crippen molar-refractivity contribution in [1.29, 1.82) is 0 Å². The Balaban J connectivity index is 1.62. The lowest BCUT2D eigenvalue weighted by atomic mass is 9.73. The molecule has 1 aliphatic carbocycles. The summed E-state index contributed by atoms with van der Waals surface area (Å²) in [6.07, 6.45) is 5.95. The van der Waals surface area contributed by atoms with Gasteiger partial charge >= 0.3 is 0 Å². The number of fused-ring (bicyclic) bond motifs is 1. The Morgan fingerprint density at radius 3 is 3.00 bits per heavy atom. The summed E-state index contributed by atoms with van der Waals surface area (Å²) in [6.45, 7) is 4.15. The molecule has 2 heterocycles. The second kappa shape index (κ2) is 6.63. The number of rotatable bonds is 6. The summed E-state index contributed by atoms with van der Waals surface area (Å²) in [6, 6.07) is 0. The van der Waals surface area contributed by atoms with E-state index in [2.05, 4.69) is 0 Å². The lowest BCUT2D eigenvalue weighted by Crippen LogP contribution is -2.58. The maximum Gasteiger partial charge on any atom is 0.248 e. The van der Waals surface area contributed by atoms with E-state index in [0.717, 1.165) is 58.1 Å². The molecule has 2 atom stereocenters. The van der Waals surface area contributed by atoms with Crippen molar-refractivity contribution >= 4 is 5.91 Å². The molecule has 5 heteroatoms. The summed E-state index contributed by atoms with van der Waals surface area (Å²) < 4.78 is 17.0. The lowest BCUT2D eigenvalue weighted by Gasteiger charge is -2.50. The molecule has 2 aliphatic heterocycles. The predicted molar refractivity (Wildman–Crippen MR) is 78.0 cm³/mol. The maximum atomic E-state index is 12.1. The third kappa shape index (κ3) is 3.58. The van der Waals surface area contributed by atoms with E-state index in [4.69, 9.17) is 14.2 Å². The number of likely N-dealkylation sites (tertiary alicyclic amines) is 1. The first-order chi connectivity index (χ1) is 10.2. The summed E-state index contributed by atoms with van der Waals surface area (Å²) >= 11 is 0. The average molecular weight is 297 g/mol. The molecule has 0 unspecified atom stereocenters. The van der Waals surface area contributed by atoms with Crippen LogP contribution in [0.4, 0.5) is 0 Å². The van der Waals surface area contributed by atoms with Gasteiger partial charge < -0.3 is 19.1 Å². The molecule has 0 spiro atoms. The lowest BCUT2D eigenvalue weighted by molar-refractivity contribution is -0.167. The number of piperidine rings is 1. The third-order valence-electron chi connectivity index (χ3n) is 5.05. The van der Waals surface area contributed by atoms with E-state index in [1.807, 2.05) is 4.90 Å². The second-order valence-electron chi connectivity index (χ2n) is 6.82. The second-order valence-corrected chi connectivity index (χ2v) is 6.82. The summed E-state index contributed by atoms with van der Waals surface area (Å²) in [4.78, 5) is 14.1. The minimum absolute atomic E-state index is 0.00517. The van der Waals surface area contributed by atoms with Crippen molar-refractivity contribution in [3.05, 3.63) is 0 Å². The molecule has 3 fully saturated rings. The first-order valence-corrected chi connectivity index (χ1v) is 8.19. The van der Waals surface area contributed by atoms with Crippen LogP contribution in [-0.4, -0.2) is 63.5 Å². The highest BCUT2D eigenvalue weighted by Crippen LogP contribution is 2.41. The highest BCUT2D eigenvalue weighted by atomic mass is 16.5. The van der Waals surface area contributed by atoms with E-state index >= 15 is 0 Å². The van der Waals surface area contributed by atoms with Crippen LogP contribution in [0.5, 0.6) is 0 Å². The van der Waals surface area contributed by atoms with Gasteiger partial charge in [0.25, 0.3) is 0 Å². The number of nitrogens with zero attached hydrogens (tertiary/aromatic N) is 1. The molecule has 120 valence electrons. The van der Waals surface area contributed by atoms with Crippen molar-refractivity contribution in [3.63, 3.8) is 0 Å². The molecule has 5 nitrogen and oxygen atoms in total. The fourth-order valence-electron chi connectivity index (χ4n) is 3.64. The van der Waals surface area contributed by atoms with E-state index in [9.17, 15) is 4.79 Å². The SMILES string of the molecule is COCC(=O)N1CC[C@@H]2OCCC[C@]2(COCC2CC2)C1. The van der Waals surface area contributed by atoms with Crippen LogP contribution in [0.1, 0.15) is 32.1 Å². The molecule has 0 aromatic heterocycles. The van der Waals surface area contributed by atoms with E-state index in [1.165, 1.54) is 12.8 Å². The summed E-state index contributed by atoms with van der Waals surface area (Å²) in [5.41, 5.74) is -0.00517. The largest absolute Gasteiger partial charge is 0.380 e. The molecular formula is C16H27NO4. The molecule has 3 rings (SSSR count). The van der Waals surface area contributed by atoms with Gasteiger partial charge in [-0.25, -0.2) is 0 Å². The number of methoxy groups -OCH3 is 1. The molecule has 1 amide bonds. The van der Waals surface area contributed by atoms with Crippen LogP contribution in [0.25, 0.3) is 0 Å². The zero-order valence-electron chi connectivity index (χ0n) is 13.0. The number of hydrogen-bond acceptors (Lipinski definition) is 4. The van der Waals surface area contributed by atoms with Crippen molar-refractivity contribution in [3.8, 4) is 0 Å². The van der Waals surface area contributed by atoms with Crippen LogP contribution in [-0.2, 0) is 19.0 Å². The summed E-state index contributed by atoms with van der Waals surface area (Å²) in [5.74, 6) is 0.863. The molecule has 0 aromatic carbocycles. The van der Waals surface area contributed by atoms with E-state index in [1.54, 1.807) is 7.11 Å². The van der Waals surface area contributed by atoms with Crippen LogP contribution in [0.3, 0.4) is 0 Å². The number of carbonyl (C=O) groups excluding carboxylic acids is 1. The molecule has 0 N–H and O–H groups in total. The number of hydrogen-bond donors (Lipinski definition) is 0. The fourth-order valence-corrected chi connectivity index (χ4v) is 3.64. The van der Waals surface area contributed by atoms with Gasteiger partial charge in [0.05, 0.1) is 12.7 Å². The Labute approximate surface area is 126 Å². The zero-order chi connectivity index (χ0) is 14.7. The summed E-state index contributed by atoms with van der Waals surface area (Å²) in [7, 11) is 1.57. The van der Waals surface area contributed by atoms with E-state index in [-0.39, 0.29) is 24.0 Å². The highest BCUT2D eigenvalue weighted by molar-refractivity contribution is 5.77.